The Morgan fingerprint density at radius 3 is 2.32 bits per heavy atom. The molecule has 1 rings (SSSR count). The maximum atomic E-state index is 11.9. The Labute approximate surface area is 113 Å². The second kappa shape index (κ2) is 5.88. The van der Waals surface area contributed by atoms with Gasteiger partial charge in [0, 0.05) is 19.8 Å². The topological polar surface area (TPSA) is 102 Å². The van der Waals surface area contributed by atoms with Crippen molar-refractivity contribution in [3.8, 4) is 0 Å². The van der Waals surface area contributed by atoms with E-state index >= 15 is 0 Å². The van der Waals surface area contributed by atoms with Gasteiger partial charge < -0.3 is 20.9 Å². The molecule has 1 unspecified atom stereocenters. The van der Waals surface area contributed by atoms with Crippen molar-refractivity contribution in [1.29, 1.82) is 0 Å². The summed E-state index contributed by atoms with van der Waals surface area (Å²) in [6.07, 6.45) is 0.820. The predicted molar refractivity (Wildman–Crippen MR) is 70.6 cm³/mol. The Balaban J connectivity index is 2.63. The minimum Gasteiger partial charge on any atom is -0.481 e. The van der Waals surface area contributed by atoms with Crippen molar-refractivity contribution < 1.29 is 19.4 Å². The Morgan fingerprint density at radius 1 is 1.37 bits per heavy atom. The molecule has 0 aromatic carbocycles. The Morgan fingerprint density at radius 2 is 1.89 bits per heavy atom. The van der Waals surface area contributed by atoms with Crippen LogP contribution in [0, 0.1) is 10.8 Å². The lowest BCUT2D eigenvalue weighted by atomic mass is 9.80. The monoisotopic (exact) mass is 272 g/mol. The molecule has 110 valence electrons. The van der Waals surface area contributed by atoms with Crippen molar-refractivity contribution in [3.05, 3.63) is 0 Å². The minimum atomic E-state index is -0.925. The zero-order valence-corrected chi connectivity index (χ0v) is 11.9. The molecule has 1 aliphatic heterocycles. The highest BCUT2D eigenvalue weighted by Gasteiger charge is 2.41. The lowest BCUT2D eigenvalue weighted by Gasteiger charge is -2.34. The van der Waals surface area contributed by atoms with Crippen LogP contribution in [0.25, 0.3) is 0 Å². The number of amides is 1. The summed E-state index contributed by atoms with van der Waals surface area (Å²) in [5.41, 5.74) is 4.57. The van der Waals surface area contributed by atoms with E-state index < -0.39 is 17.4 Å². The first kappa shape index (κ1) is 15.9. The summed E-state index contributed by atoms with van der Waals surface area (Å²) in [4.78, 5) is 23.4. The Bertz CT molecular complexity index is 343. The molecule has 0 aromatic rings. The molecule has 1 amide bonds. The number of nitrogens with two attached hydrogens (primary N) is 1. The maximum absolute atomic E-state index is 11.9. The van der Waals surface area contributed by atoms with Crippen LogP contribution in [0.2, 0.25) is 0 Å². The third kappa shape index (κ3) is 3.91. The molecular weight excluding hydrogens is 248 g/mol. The van der Waals surface area contributed by atoms with E-state index in [0.717, 1.165) is 0 Å². The van der Waals surface area contributed by atoms with Crippen molar-refractivity contribution in [2.24, 2.45) is 16.6 Å². The highest BCUT2D eigenvalue weighted by molar-refractivity contribution is 5.83. The first-order valence-electron chi connectivity index (χ1n) is 6.53. The van der Waals surface area contributed by atoms with Crippen LogP contribution in [-0.2, 0) is 14.3 Å². The summed E-state index contributed by atoms with van der Waals surface area (Å²) in [7, 11) is 0. The molecule has 6 nitrogen and oxygen atoms in total. The summed E-state index contributed by atoms with van der Waals surface area (Å²) in [5, 5.41) is 12.0. The molecule has 1 fully saturated rings. The SMILES string of the molecule is CC(C)(C)C(N)C(=O)NCC1(C(=O)O)CCOCC1. The zero-order valence-electron chi connectivity index (χ0n) is 11.9. The van der Waals surface area contributed by atoms with E-state index in [1.54, 1.807) is 0 Å². The smallest absolute Gasteiger partial charge is 0.311 e. The summed E-state index contributed by atoms with van der Waals surface area (Å²) in [5.74, 6) is -1.19. The number of hydrogen-bond acceptors (Lipinski definition) is 4. The lowest BCUT2D eigenvalue weighted by Crippen LogP contribution is -2.53. The molecular formula is C13H24N2O4. The third-order valence-corrected chi connectivity index (χ3v) is 3.72. The van der Waals surface area contributed by atoms with E-state index in [4.69, 9.17) is 10.5 Å². The van der Waals surface area contributed by atoms with Gasteiger partial charge in [0.05, 0.1) is 11.5 Å². The van der Waals surface area contributed by atoms with Crippen LogP contribution in [-0.4, -0.2) is 42.8 Å². The molecule has 19 heavy (non-hydrogen) atoms. The Kier molecular flexibility index (Phi) is 4.92. The van der Waals surface area contributed by atoms with E-state index in [0.29, 0.717) is 26.1 Å². The summed E-state index contributed by atoms with van der Waals surface area (Å²) in [6.45, 7) is 6.55. The van der Waals surface area contributed by atoms with Gasteiger partial charge in [-0.25, -0.2) is 0 Å². The van der Waals surface area contributed by atoms with Crippen molar-refractivity contribution in [2.75, 3.05) is 19.8 Å². The van der Waals surface area contributed by atoms with E-state index in [1.165, 1.54) is 0 Å². The normalized spacial score (nSPS) is 20.6. The average Bonchev–Trinajstić information content (AvgIpc) is 2.34. The number of nitrogens with one attached hydrogen (secondary N) is 1. The second-order valence-electron chi connectivity index (χ2n) is 6.26. The number of hydrogen-bond donors (Lipinski definition) is 3. The van der Waals surface area contributed by atoms with E-state index in [1.807, 2.05) is 20.8 Å². The molecule has 1 atom stereocenters. The van der Waals surface area contributed by atoms with Gasteiger partial charge in [-0.05, 0) is 18.3 Å². The Hall–Kier alpha value is -1.14. The van der Waals surface area contributed by atoms with Crippen molar-refractivity contribution in [1.82, 2.24) is 5.32 Å². The van der Waals surface area contributed by atoms with Crippen molar-refractivity contribution >= 4 is 11.9 Å². The van der Waals surface area contributed by atoms with Crippen molar-refractivity contribution in [3.63, 3.8) is 0 Å². The largest absolute Gasteiger partial charge is 0.481 e. The van der Waals surface area contributed by atoms with E-state index in [9.17, 15) is 14.7 Å². The second-order valence-corrected chi connectivity index (χ2v) is 6.26. The molecule has 0 aliphatic carbocycles. The first-order valence-corrected chi connectivity index (χ1v) is 6.53. The van der Waals surface area contributed by atoms with Crippen molar-refractivity contribution in [2.45, 2.75) is 39.7 Å². The third-order valence-electron chi connectivity index (χ3n) is 3.72. The van der Waals surface area contributed by atoms with E-state index in [2.05, 4.69) is 5.32 Å². The fourth-order valence-electron chi connectivity index (χ4n) is 1.99. The fraction of sp³-hybridized carbons (Fsp3) is 0.846. The van der Waals surface area contributed by atoms with Crippen LogP contribution in [0.15, 0.2) is 0 Å². The van der Waals surface area contributed by atoms with Gasteiger partial charge in [-0.2, -0.15) is 0 Å². The number of rotatable bonds is 4. The molecule has 0 aromatic heterocycles. The lowest BCUT2D eigenvalue weighted by molar-refractivity contribution is -0.154. The first-order chi connectivity index (χ1) is 8.69. The molecule has 1 heterocycles. The van der Waals surface area contributed by atoms with Gasteiger partial charge in [0.15, 0.2) is 0 Å². The number of ether oxygens (including phenoxy) is 1. The van der Waals surface area contributed by atoms with Gasteiger partial charge in [0.2, 0.25) is 5.91 Å². The molecule has 0 spiro atoms. The molecule has 0 radical (unpaired) electrons. The van der Waals surface area contributed by atoms with E-state index in [-0.39, 0.29) is 17.9 Å². The quantitative estimate of drug-likeness (QED) is 0.685. The average molecular weight is 272 g/mol. The zero-order chi connectivity index (χ0) is 14.7. The standard InChI is InChI=1S/C13H24N2O4/c1-12(2,3)9(14)10(16)15-8-13(11(17)18)4-6-19-7-5-13/h9H,4-8,14H2,1-3H3,(H,15,16)(H,17,18). The molecule has 1 aliphatic rings. The molecule has 1 saturated heterocycles. The van der Waals surface area contributed by atoms with Crippen LogP contribution in [0.3, 0.4) is 0 Å². The molecule has 0 bridgehead atoms. The van der Waals surface area contributed by atoms with Gasteiger partial charge >= 0.3 is 5.97 Å². The van der Waals surface area contributed by atoms with Gasteiger partial charge in [-0.1, -0.05) is 20.8 Å². The fourth-order valence-corrected chi connectivity index (χ4v) is 1.99. The highest BCUT2D eigenvalue weighted by atomic mass is 16.5. The number of carbonyl (C=O) groups excluding carboxylic acids is 1. The van der Waals surface area contributed by atoms with Crippen LogP contribution in [0.4, 0.5) is 0 Å². The molecule has 4 N–H and O–H groups in total. The van der Waals surface area contributed by atoms with Crippen LogP contribution in [0.5, 0.6) is 0 Å². The number of carboxylic acids is 1. The van der Waals surface area contributed by atoms with Crippen LogP contribution < -0.4 is 11.1 Å². The summed E-state index contributed by atoms with van der Waals surface area (Å²) < 4.78 is 5.18. The minimum absolute atomic E-state index is 0.105. The highest BCUT2D eigenvalue weighted by Crippen LogP contribution is 2.30. The van der Waals surface area contributed by atoms with Gasteiger partial charge in [0.1, 0.15) is 0 Å². The number of carbonyl (C=O) groups is 2. The predicted octanol–water partition coefficient (Wildman–Crippen LogP) is 0.357. The molecule has 6 heteroatoms. The molecule has 0 saturated carbocycles. The number of aliphatic carboxylic acids is 1. The van der Waals surface area contributed by atoms with Gasteiger partial charge in [-0.3, -0.25) is 9.59 Å². The summed E-state index contributed by atoms with van der Waals surface area (Å²) in [6, 6.07) is -0.654. The van der Waals surface area contributed by atoms with Gasteiger partial charge in [0.25, 0.3) is 0 Å². The summed E-state index contributed by atoms with van der Waals surface area (Å²) >= 11 is 0. The number of carboxylic acid groups (broad SMARTS) is 1. The van der Waals surface area contributed by atoms with Crippen LogP contribution >= 0.6 is 0 Å². The van der Waals surface area contributed by atoms with Gasteiger partial charge in [-0.15, -0.1) is 0 Å². The maximum Gasteiger partial charge on any atom is 0.311 e. The van der Waals surface area contributed by atoms with Crippen LogP contribution in [0.1, 0.15) is 33.6 Å².